The lowest BCUT2D eigenvalue weighted by Gasteiger charge is -2.24. The molecule has 0 aliphatic carbocycles. The molecule has 6 heteroatoms. The van der Waals surface area contributed by atoms with Gasteiger partial charge in [0.15, 0.2) is 0 Å². The molecule has 1 aromatic carbocycles. The zero-order chi connectivity index (χ0) is 16.3. The van der Waals surface area contributed by atoms with Crippen LogP contribution in [0.4, 0.5) is 9.80 Å². The summed E-state index contributed by atoms with van der Waals surface area (Å²) in [5.74, 6) is 0. The highest BCUT2D eigenvalue weighted by Gasteiger charge is 2.21. The molecule has 2 N–H and O–H groups in total. The molecule has 0 unspecified atom stereocenters. The molecule has 118 valence electrons. The minimum absolute atomic E-state index is 0.372. The molecule has 0 bridgehead atoms. The average Bonchev–Trinajstić information content (AvgIpc) is 2.78. The number of hydrogen-bond donors (Lipinski definition) is 1. The molecule has 1 heterocycles. The van der Waals surface area contributed by atoms with Crippen molar-refractivity contribution in [3.8, 4) is 11.3 Å². The quantitative estimate of drug-likeness (QED) is 0.935. The fourth-order valence-electron chi connectivity index (χ4n) is 1.86. The van der Waals surface area contributed by atoms with Crippen molar-refractivity contribution in [3.05, 3.63) is 35.3 Å². The van der Waals surface area contributed by atoms with Crippen LogP contribution in [-0.4, -0.2) is 28.6 Å². The molecule has 2 rings (SSSR count). The van der Waals surface area contributed by atoms with Crippen molar-refractivity contribution in [3.63, 3.8) is 0 Å². The molecule has 0 radical (unpaired) electrons. The first-order valence-electron chi connectivity index (χ1n) is 7.01. The van der Waals surface area contributed by atoms with Crippen molar-refractivity contribution in [2.75, 3.05) is 12.8 Å². The van der Waals surface area contributed by atoms with E-state index in [9.17, 15) is 4.79 Å². The minimum Gasteiger partial charge on any atom is -0.444 e. The van der Waals surface area contributed by atoms with Gasteiger partial charge >= 0.3 is 6.09 Å². The SMILES string of the molecule is CN(Cc1nc(-c2ccccc2)c(N)s1)C(=O)OC(C)(C)C. The smallest absolute Gasteiger partial charge is 0.410 e. The van der Waals surface area contributed by atoms with Crippen molar-refractivity contribution in [2.45, 2.75) is 32.9 Å². The van der Waals surface area contributed by atoms with Gasteiger partial charge in [0.25, 0.3) is 0 Å². The Morgan fingerprint density at radius 1 is 1.32 bits per heavy atom. The van der Waals surface area contributed by atoms with Crippen molar-refractivity contribution in [1.29, 1.82) is 0 Å². The van der Waals surface area contributed by atoms with E-state index in [-0.39, 0.29) is 6.09 Å². The van der Waals surface area contributed by atoms with Gasteiger partial charge in [-0.2, -0.15) is 0 Å². The number of hydrogen-bond acceptors (Lipinski definition) is 5. The first kappa shape index (κ1) is 16.3. The molecule has 0 spiro atoms. The molecular formula is C16H21N3O2S. The van der Waals surface area contributed by atoms with E-state index in [1.807, 2.05) is 51.1 Å². The highest BCUT2D eigenvalue weighted by Crippen LogP contribution is 2.31. The molecule has 1 amide bonds. The molecule has 22 heavy (non-hydrogen) atoms. The number of amides is 1. The van der Waals surface area contributed by atoms with Gasteiger partial charge in [0.1, 0.15) is 21.3 Å². The Hall–Kier alpha value is -2.08. The first-order valence-corrected chi connectivity index (χ1v) is 7.82. The van der Waals surface area contributed by atoms with Gasteiger partial charge in [0, 0.05) is 12.6 Å². The summed E-state index contributed by atoms with van der Waals surface area (Å²) in [4.78, 5) is 18.0. The number of aromatic nitrogens is 1. The zero-order valence-electron chi connectivity index (χ0n) is 13.3. The third kappa shape index (κ3) is 4.21. The lowest BCUT2D eigenvalue weighted by Crippen LogP contribution is -2.33. The first-order chi connectivity index (χ1) is 10.3. The van der Waals surface area contributed by atoms with Crippen molar-refractivity contribution in [1.82, 2.24) is 9.88 Å². The van der Waals surface area contributed by atoms with Crippen molar-refractivity contribution < 1.29 is 9.53 Å². The molecule has 1 aromatic heterocycles. The Kier molecular flexibility index (Phi) is 4.71. The molecule has 0 saturated carbocycles. The van der Waals surface area contributed by atoms with Crippen LogP contribution in [0, 0.1) is 0 Å². The lowest BCUT2D eigenvalue weighted by atomic mass is 10.2. The summed E-state index contributed by atoms with van der Waals surface area (Å²) in [6.45, 7) is 5.89. The second kappa shape index (κ2) is 6.36. The van der Waals surface area contributed by atoms with Crippen LogP contribution in [0.3, 0.4) is 0 Å². The fraction of sp³-hybridized carbons (Fsp3) is 0.375. The third-order valence-electron chi connectivity index (χ3n) is 2.82. The normalized spacial score (nSPS) is 11.3. The van der Waals surface area contributed by atoms with Gasteiger partial charge in [-0.05, 0) is 20.8 Å². The molecule has 0 fully saturated rings. The summed E-state index contributed by atoms with van der Waals surface area (Å²) in [6, 6.07) is 9.77. The molecule has 5 nitrogen and oxygen atoms in total. The second-order valence-electron chi connectivity index (χ2n) is 6.02. The number of carbonyl (C=O) groups is 1. The van der Waals surface area contributed by atoms with E-state index in [4.69, 9.17) is 10.5 Å². The summed E-state index contributed by atoms with van der Waals surface area (Å²) in [6.07, 6.45) is -0.373. The van der Waals surface area contributed by atoms with Crippen LogP contribution in [0.25, 0.3) is 11.3 Å². The highest BCUT2D eigenvalue weighted by atomic mass is 32.1. The Bertz CT molecular complexity index is 647. The minimum atomic E-state index is -0.511. The molecule has 0 aliphatic heterocycles. The topological polar surface area (TPSA) is 68.5 Å². The second-order valence-corrected chi connectivity index (χ2v) is 7.14. The Morgan fingerprint density at radius 2 is 1.95 bits per heavy atom. The Morgan fingerprint density at radius 3 is 2.55 bits per heavy atom. The zero-order valence-corrected chi connectivity index (χ0v) is 14.1. The van der Waals surface area contributed by atoms with Crippen LogP contribution in [0.1, 0.15) is 25.8 Å². The third-order valence-corrected chi connectivity index (χ3v) is 3.69. The Labute approximate surface area is 134 Å². The fourth-order valence-corrected chi connectivity index (χ4v) is 2.76. The predicted molar refractivity (Wildman–Crippen MR) is 89.7 cm³/mol. The van der Waals surface area contributed by atoms with Gasteiger partial charge in [-0.15, -0.1) is 0 Å². The van der Waals surface area contributed by atoms with Crippen molar-refractivity contribution >= 4 is 22.4 Å². The van der Waals surface area contributed by atoms with Gasteiger partial charge in [-0.1, -0.05) is 41.7 Å². The molecular weight excluding hydrogens is 298 g/mol. The summed E-state index contributed by atoms with van der Waals surface area (Å²) < 4.78 is 5.33. The highest BCUT2D eigenvalue weighted by molar-refractivity contribution is 7.16. The van der Waals surface area contributed by atoms with E-state index in [0.717, 1.165) is 16.3 Å². The number of anilines is 1. The van der Waals surface area contributed by atoms with Crippen LogP contribution in [-0.2, 0) is 11.3 Å². The van der Waals surface area contributed by atoms with Crippen molar-refractivity contribution in [2.24, 2.45) is 0 Å². The van der Waals surface area contributed by atoms with Crippen LogP contribution >= 0.6 is 11.3 Å². The number of nitrogen functional groups attached to an aromatic ring is 1. The number of nitrogens with zero attached hydrogens (tertiary/aromatic N) is 2. The average molecular weight is 319 g/mol. The maximum Gasteiger partial charge on any atom is 0.410 e. The van der Waals surface area contributed by atoms with Gasteiger partial charge in [0.2, 0.25) is 0 Å². The molecule has 0 aliphatic rings. The van der Waals surface area contributed by atoms with E-state index in [0.29, 0.717) is 11.5 Å². The van der Waals surface area contributed by atoms with Crippen LogP contribution in [0.5, 0.6) is 0 Å². The predicted octanol–water partition coefficient (Wildman–Crippen LogP) is 3.76. The molecule has 0 saturated heterocycles. The molecule has 0 atom stereocenters. The van der Waals surface area contributed by atoms with E-state index in [1.54, 1.807) is 7.05 Å². The van der Waals surface area contributed by atoms with Crippen LogP contribution < -0.4 is 5.73 Å². The summed E-state index contributed by atoms with van der Waals surface area (Å²) >= 11 is 1.39. The molecule has 2 aromatic rings. The van der Waals surface area contributed by atoms with E-state index in [1.165, 1.54) is 16.2 Å². The summed E-state index contributed by atoms with van der Waals surface area (Å²) in [7, 11) is 1.69. The maximum absolute atomic E-state index is 12.0. The van der Waals surface area contributed by atoms with E-state index in [2.05, 4.69) is 4.98 Å². The summed E-state index contributed by atoms with van der Waals surface area (Å²) in [5, 5.41) is 1.43. The van der Waals surface area contributed by atoms with Gasteiger partial charge in [-0.25, -0.2) is 9.78 Å². The number of rotatable bonds is 3. The standard InChI is InChI=1S/C16H21N3O2S/c1-16(2,3)21-15(20)19(4)10-12-18-13(14(17)22-12)11-8-6-5-7-9-11/h5-9H,10,17H2,1-4H3. The maximum atomic E-state index is 12.0. The number of thiazole rings is 1. The van der Waals surface area contributed by atoms with E-state index < -0.39 is 5.60 Å². The van der Waals surface area contributed by atoms with Gasteiger partial charge in [0.05, 0.1) is 6.54 Å². The number of ether oxygens (including phenoxy) is 1. The largest absolute Gasteiger partial charge is 0.444 e. The number of carbonyl (C=O) groups excluding carboxylic acids is 1. The van der Waals surface area contributed by atoms with Gasteiger partial charge in [-0.3, -0.25) is 0 Å². The monoisotopic (exact) mass is 319 g/mol. The Balaban J connectivity index is 2.10. The van der Waals surface area contributed by atoms with Gasteiger partial charge < -0.3 is 15.4 Å². The number of benzene rings is 1. The van der Waals surface area contributed by atoms with Crippen LogP contribution in [0.2, 0.25) is 0 Å². The lowest BCUT2D eigenvalue weighted by molar-refractivity contribution is 0.0285. The number of nitrogens with two attached hydrogens (primary N) is 1. The van der Waals surface area contributed by atoms with Crippen LogP contribution in [0.15, 0.2) is 30.3 Å². The van der Waals surface area contributed by atoms with E-state index >= 15 is 0 Å². The summed E-state index contributed by atoms with van der Waals surface area (Å²) in [5.41, 5.74) is 7.27.